The molecule has 0 bridgehead atoms. The quantitative estimate of drug-likeness (QED) is 0.877. The largest absolute Gasteiger partial charge is 0.369 e. The van der Waals surface area contributed by atoms with Crippen LogP contribution in [-0.4, -0.2) is 14.5 Å². The van der Waals surface area contributed by atoms with Gasteiger partial charge < -0.3 is 5.73 Å². The number of fused-ring (bicyclic) bond motifs is 1. The van der Waals surface area contributed by atoms with Gasteiger partial charge in [0.1, 0.15) is 5.52 Å². The zero-order chi connectivity index (χ0) is 12.7. The Labute approximate surface area is 115 Å². The molecule has 2 aromatic rings. The summed E-state index contributed by atoms with van der Waals surface area (Å²) in [6.45, 7) is 2.30. The monoisotopic (exact) mass is 308 g/mol. The van der Waals surface area contributed by atoms with Gasteiger partial charge in [0.05, 0.1) is 0 Å². The topological polar surface area (TPSA) is 56.7 Å². The molecule has 18 heavy (non-hydrogen) atoms. The number of anilines is 1. The van der Waals surface area contributed by atoms with E-state index in [-0.39, 0.29) is 0 Å². The zero-order valence-electron chi connectivity index (χ0n) is 10.4. The third-order valence-corrected chi connectivity index (χ3v) is 4.36. The van der Waals surface area contributed by atoms with E-state index in [0.29, 0.717) is 17.9 Å². The summed E-state index contributed by atoms with van der Waals surface area (Å²) in [6.07, 6.45) is 6.84. The van der Waals surface area contributed by atoms with E-state index in [4.69, 9.17) is 5.73 Å². The van der Waals surface area contributed by atoms with Crippen molar-refractivity contribution in [3.63, 3.8) is 0 Å². The Morgan fingerprint density at radius 2 is 2.17 bits per heavy atom. The molecule has 3 rings (SSSR count). The maximum Gasteiger partial charge on any atom is 0.202 e. The summed E-state index contributed by atoms with van der Waals surface area (Å²) < 4.78 is 3.07. The lowest BCUT2D eigenvalue weighted by atomic mass is 9.86. The summed E-state index contributed by atoms with van der Waals surface area (Å²) in [6, 6.07) is 2.42. The first kappa shape index (κ1) is 12.0. The fourth-order valence-corrected chi connectivity index (χ4v) is 3.30. The Balaban J connectivity index is 2.12. The van der Waals surface area contributed by atoms with Crippen molar-refractivity contribution < 1.29 is 0 Å². The molecule has 0 amide bonds. The van der Waals surface area contributed by atoms with E-state index in [1.165, 1.54) is 25.7 Å². The Hall–Kier alpha value is -1.10. The molecule has 1 fully saturated rings. The van der Waals surface area contributed by atoms with Crippen molar-refractivity contribution in [2.45, 2.75) is 38.6 Å². The fourth-order valence-electron chi connectivity index (χ4n) is 2.98. The van der Waals surface area contributed by atoms with Crippen LogP contribution in [0.2, 0.25) is 0 Å². The van der Waals surface area contributed by atoms with Gasteiger partial charge in [-0.3, -0.25) is 4.57 Å². The Morgan fingerprint density at radius 3 is 2.94 bits per heavy atom. The van der Waals surface area contributed by atoms with Crippen LogP contribution in [0.1, 0.15) is 38.6 Å². The fraction of sp³-hybridized carbons (Fsp3) is 0.538. The lowest BCUT2D eigenvalue weighted by molar-refractivity contribution is 0.264. The normalized spacial score (nSPS) is 24.6. The summed E-state index contributed by atoms with van der Waals surface area (Å²) in [5, 5.41) is 0. The Kier molecular flexibility index (Phi) is 3.01. The van der Waals surface area contributed by atoms with Gasteiger partial charge in [0.2, 0.25) is 5.95 Å². The van der Waals surface area contributed by atoms with Crippen LogP contribution in [0.25, 0.3) is 11.2 Å². The first-order valence-electron chi connectivity index (χ1n) is 6.46. The highest BCUT2D eigenvalue weighted by molar-refractivity contribution is 9.10. The number of aromatic nitrogens is 3. The highest BCUT2D eigenvalue weighted by Gasteiger charge is 2.26. The third-order valence-electron chi connectivity index (χ3n) is 3.92. The second-order valence-corrected chi connectivity index (χ2v) is 6.08. The van der Waals surface area contributed by atoms with Gasteiger partial charge in [-0.05, 0) is 40.8 Å². The van der Waals surface area contributed by atoms with E-state index in [0.717, 1.165) is 15.6 Å². The molecule has 96 valence electrons. The molecule has 0 spiro atoms. The molecule has 0 aromatic carbocycles. The highest BCUT2D eigenvalue weighted by atomic mass is 79.9. The lowest BCUT2D eigenvalue weighted by Crippen LogP contribution is -2.22. The van der Waals surface area contributed by atoms with Crippen LogP contribution in [0.4, 0.5) is 5.95 Å². The van der Waals surface area contributed by atoms with Crippen molar-refractivity contribution in [1.29, 1.82) is 0 Å². The molecule has 1 aliphatic carbocycles. The van der Waals surface area contributed by atoms with Crippen molar-refractivity contribution in [1.82, 2.24) is 14.5 Å². The molecule has 2 aromatic heterocycles. The van der Waals surface area contributed by atoms with Crippen LogP contribution in [0.3, 0.4) is 0 Å². The Morgan fingerprint density at radius 1 is 1.39 bits per heavy atom. The van der Waals surface area contributed by atoms with Crippen molar-refractivity contribution in [3.05, 3.63) is 16.7 Å². The maximum atomic E-state index is 6.09. The van der Waals surface area contributed by atoms with Crippen LogP contribution in [0.15, 0.2) is 16.7 Å². The standard InChI is InChI=1S/C13H17BrN4/c1-8-4-2-3-5-11(8)18-12-10(17-13(18)15)6-9(14)7-16-12/h6-8,11H,2-5H2,1H3,(H2,15,17). The molecular formula is C13H17BrN4. The Bertz CT molecular complexity index is 578. The van der Waals surface area contributed by atoms with Crippen LogP contribution in [0, 0.1) is 5.92 Å². The number of nitrogens with zero attached hydrogens (tertiary/aromatic N) is 3. The van der Waals surface area contributed by atoms with Crippen molar-refractivity contribution >= 4 is 33.0 Å². The average Bonchev–Trinajstić information content (AvgIpc) is 2.65. The molecule has 2 heterocycles. The first-order chi connectivity index (χ1) is 8.66. The summed E-state index contributed by atoms with van der Waals surface area (Å²) in [7, 11) is 0. The summed E-state index contributed by atoms with van der Waals surface area (Å²) in [5.74, 6) is 1.23. The number of hydrogen-bond acceptors (Lipinski definition) is 3. The molecule has 0 aliphatic heterocycles. The molecule has 1 aliphatic rings. The molecule has 1 saturated carbocycles. The third kappa shape index (κ3) is 1.90. The first-order valence-corrected chi connectivity index (χ1v) is 7.25. The molecule has 4 nitrogen and oxygen atoms in total. The molecule has 2 unspecified atom stereocenters. The summed E-state index contributed by atoms with van der Waals surface area (Å²) in [4.78, 5) is 8.92. The number of rotatable bonds is 1. The van der Waals surface area contributed by atoms with E-state index >= 15 is 0 Å². The second kappa shape index (κ2) is 4.53. The number of hydrogen-bond donors (Lipinski definition) is 1. The highest BCUT2D eigenvalue weighted by Crippen LogP contribution is 2.37. The number of halogens is 1. The van der Waals surface area contributed by atoms with Gasteiger partial charge in [0.15, 0.2) is 5.65 Å². The van der Waals surface area contributed by atoms with Crippen LogP contribution in [-0.2, 0) is 0 Å². The van der Waals surface area contributed by atoms with E-state index in [9.17, 15) is 0 Å². The molecule has 2 N–H and O–H groups in total. The van der Waals surface area contributed by atoms with Gasteiger partial charge in [-0.2, -0.15) is 0 Å². The van der Waals surface area contributed by atoms with Gasteiger partial charge >= 0.3 is 0 Å². The maximum absolute atomic E-state index is 6.09. The summed E-state index contributed by atoms with van der Waals surface area (Å²) in [5.41, 5.74) is 7.88. The second-order valence-electron chi connectivity index (χ2n) is 5.17. The molecule has 5 heteroatoms. The lowest BCUT2D eigenvalue weighted by Gasteiger charge is -2.30. The van der Waals surface area contributed by atoms with E-state index in [1.54, 1.807) is 0 Å². The van der Waals surface area contributed by atoms with Gasteiger partial charge in [-0.25, -0.2) is 9.97 Å². The number of nitrogens with two attached hydrogens (primary N) is 1. The number of imidazole rings is 1. The minimum atomic E-state index is 0.442. The average molecular weight is 309 g/mol. The number of nitrogen functional groups attached to an aromatic ring is 1. The van der Waals surface area contributed by atoms with Crippen LogP contribution in [0.5, 0.6) is 0 Å². The SMILES string of the molecule is CC1CCCCC1n1c(N)nc2cc(Br)cnc21. The molecular weight excluding hydrogens is 292 g/mol. The zero-order valence-corrected chi connectivity index (χ0v) is 12.0. The molecule has 2 atom stereocenters. The van der Waals surface area contributed by atoms with Gasteiger partial charge in [0, 0.05) is 16.7 Å². The van der Waals surface area contributed by atoms with Crippen LogP contribution >= 0.6 is 15.9 Å². The van der Waals surface area contributed by atoms with E-state index in [1.807, 2.05) is 12.3 Å². The van der Waals surface area contributed by atoms with Gasteiger partial charge in [0.25, 0.3) is 0 Å². The van der Waals surface area contributed by atoms with Gasteiger partial charge in [-0.15, -0.1) is 0 Å². The van der Waals surface area contributed by atoms with Crippen LogP contribution < -0.4 is 5.73 Å². The minimum absolute atomic E-state index is 0.442. The minimum Gasteiger partial charge on any atom is -0.369 e. The van der Waals surface area contributed by atoms with Crippen molar-refractivity contribution in [3.8, 4) is 0 Å². The van der Waals surface area contributed by atoms with E-state index in [2.05, 4.69) is 37.4 Å². The van der Waals surface area contributed by atoms with Gasteiger partial charge in [-0.1, -0.05) is 19.8 Å². The predicted molar refractivity (Wildman–Crippen MR) is 76.3 cm³/mol. The predicted octanol–water partition coefficient (Wildman–Crippen LogP) is 3.53. The van der Waals surface area contributed by atoms with Crippen molar-refractivity contribution in [2.24, 2.45) is 5.92 Å². The van der Waals surface area contributed by atoms with E-state index < -0.39 is 0 Å². The molecule has 0 saturated heterocycles. The van der Waals surface area contributed by atoms with Crippen molar-refractivity contribution in [2.75, 3.05) is 5.73 Å². The number of pyridine rings is 1. The summed E-state index contributed by atoms with van der Waals surface area (Å²) >= 11 is 3.42. The smallest absolute Gasteiger partial charge is 0.202 e. The molecule has 0 radical (unpaired) electrons.